The van der Waals surface area contributed by atoms with Crippen LogP contribution in [0.3, 0.4) is 0 Å². The summed E-state index contributed by atoms with van der Waals surface area (Å²) in [6.45, 7) is 3.86. The number of carboxylic acids is 1. The Morgan fingerprint density at radius 3 is 2.60 bits per heavy atom. The summed E-state index contributed by atoms with van der Waals surface area (Å²) in [4.78, 5) is 24.1. The number of halogens is 2. The Bertz CT molecular complexity index is 508. The second-order valence-corrected chi connectivity index (χ2v) is 5.99. The SMILES string of the molecule is CC(C)CN(CC(=O)O)C(=O)Nc1ccc(Br)c(Cl)c1. The summed E-state index contributed by atoms with van der Waals surface area (Å²) >= 11 is 9.20. The van der Waals surface area contributed by atoms with E-state index >= 15 is 0 Å². The van der Waals surface area contributed by atoms with E-state index in [2.05, 4.69) is 21.2 Å². The third kappa shape index (κ3) is 5.38. The predicted octanol–water partition coefficient (Wildman–Crippen LogP) is 3.68. The molecule has 0 heterocycles. The quantitative estimate of drug-likeness (QED) is 0.838. The van der Waals surface area contributed by atoms with Crippen molar-refractivity contribution in [3.8, 4) is 0 Å². The molecular formula is C13H16BrClN2O3. The molecule has 7 heteroatoms. The largest absolute Gasteiger partial charge is 0.480 e. The van der Waals surface area contributed by atoms with Gasteiger partial charge in [-0.1, -0.05) is 25.4 Å². The molecule has 0 aromatic heterocycles. The molecule has 0 spiro atoms. The summed E-state index contributed by atoms with van der Waals surface area (Å²) in [5.41, 5.74) is 0.516. The van der Waals surface area contributed by atoms with Gasteiger partial charge in [-0.25, -0.2) is 4.79 Å². The summed E-state index contributed by atoms with van der Waals surface area (Å²) in [7, 11) is 0. The van der Waals surface area contributed by atoms with Gasteiger partial charge in [0, 0.05) is 16.7 Å². The van der Waals surface area contributed by atoms with Gasteiger partial charge in [0.25, 0.3) is 0 Å². The van der Waals surface area contributed by atoms with Crippen LogP contribution in [0.25, 0.3) is 0 Å². The zero-order valence-electron chi connectivity index (χ0n) is 11.2. The number of carboxylic acid groups (broad SMARTS) is 1. The zero-order chi connectivity index (χ0) is 15.3. The molecule has 0 bridgehead atoms. The van der Waals surface area contributed by atoms with Gasteiger partial charge in [-0.2, -0.15) is 0 Å². The maximum atomic E-state index is 12.1. The van der Waals surface area contributed by atoms with Gasteiger partial charge >= 0.3 is 12.0 Å². The minimum Gasteiger partial charge on any atom is -0.480 e. The van der Waals surface area contributed by atoms with Crippen molar-refractivity contribution in [2.75, 3.05) is 18.4 Å². The Kier molecular flexibility index (Phi) is 6.29. The van der Waals surface area contributed by atoms with Crippen molar-refractivity contribution in [1.82, 2.24) is 4.90 Å². The first-order valence-corrected chi connectivity index (χ1v) is 7.19. The summed E-state index contributed by atoms with van der Waals surface area (Å²) in [6.07, 6.45) is 0. The fourth-order valence-electron chi connectivity index (χ4n) is 1.60. The molecule has 0 saturated carbocycles. The van der Waals surface area contributed by atoms with Crippen LogP contribution < -0.4 is 5.32 Å². The minimum atomic E-state index is -1.05. The lowest BCUT2D eigenvalue weighted by molar-refractivity contribution is -0.137. The number of aliphatic carboxylic acids is 1. The highest BCUT2D eigenvalue weighted by Gasteiger charge is 2.18. The van der Waals surface area contributed by atoms with E-state index in [4.69, 9.17) is 16.7 Å². The van der Waals surface area contributed by atoms with Gasteiger partial charge in [-0.3, -0.25) is 4.79 Å². The van der Waals surface area contributed by atoms with E-state index in [1.165, 1.54) is 4.90 Å². The number of hydrogen-bond donors (Lipinski definition) is 2. The number of benzene rings is 1. The van der Waals surface area contributed by atoms with Crippen LogP contribution >= 0.6 is 27.5 Å². The fourth-order valence-corrected chi connectivity index (χ4v) is 2.03. The molecule has 5 nitrogen and oxygen atoms in total. The average Bonchev–Trinajstić information content (AvgIpc) is 2.32. The fraction of sp³-hybridized carbons (Fsp3) is 0.385. The van der Waals surface area contributed by atoms with Gasteiger partial charge < -0.3 is 15.3 Å². The average molecular weight is 364 g/mol. The van der Waals surface area contributed by atoms with Gasteiger partial charge in [0.2, 0.25) is 0 Å². The highest BCUT2D eigenvalue weighted by Crippen LogP contribution is 2.25. The lowest BCUT2D eigenvalue weighted by Gasteiger charge is -2.23. The molecule has 0 aliphatic heterocycles. The lowest BCUT2D eigenvalue weighted by atomic mass is 10.2. The Balaban J connectivity index is 2.78. The summed E-state index contributed by atoms with van der Waals surface area (Å²) < 4.78 is 0.724. The Morgan fingerprint density at radius 2 is 2.10 bits per heavy atom. The maximum absolute atomic E-state index is 12.1. The summed E-state index contributed by atoms with van der Waals surface area (Å²) in [6, 6.07) is 4.53. The van der Waals surface area contributed by atoms with Gasteiger partial charge in [0.05, 0.1) is 5.02 Å². The van der Waals surface area contributed by atoms with Crippen molar-refractivity contribution >= 4 is 45.2 Å². The van der Waals surface area contributed by atoms with Crippen LogP contribution in [-0.4, -0.2) is 35.1 Å². The van der Waals surface area contributed by atoms with E-state index in [1.807, 2.05) is 13.8 Å². The van der Waals surface area contributed by atoms with Crippen molar-refractivity contribution in [2.45, 2.75) is 13.8 Å². The van der Waals surface area contributed by atoms with Crippen LogP contribution in [-0.2, 0) is 4.79 Å². The monoisotopic (exact) mass is 362 g/mol. The number of carbonyl (C=O) groups excluding carboxylic acids is 1. The van der Waals surface area contributed by atoms with Crippen LogP contribution in [0.2, 0.25) is 5.02 Å². The number of carbonyl (C=O) groups is 2. The molecule has 1 aromatic carbocycles. The Morgan fingerprint density at radius 1 is 1.45 bits per heavy atom. The van der Waals surface area contributed by atoms with Crippen LogP contribution in [0.5, 0.6) is 0 Å². The summed E-state index contributed by atoms with van der Waals surface area (Å²) in [5.74, 6) is -0.872. The number of hydrogen-bond acceptors (Lipinski definition) is 2. The van der Waals surface area contributed by atoms with Gasteiger partial charge in [-0.05, 0) is 40.0 Å². The van der Waals surface area contributed by atoms with Crippen LogP contribution in [0.1, 0.15) is 13.8 Å². The van der Waals surface area contributed by atoms with Crippen LogP contribution in [0.4, 0.5) is 10.5 Å². The van der Waals surface area contributed by atoms with E-state index in [0.29, 0.717) is 17.3 Å². The molecule has 0 fully saturated rings. The van der Waals surface area contributed by atoms with Crippen molar-refractivity contribution in [3.63, 3.8) is 0 Å². The van der Waals surface area contributed by atoms with Gasteiger partial charge in [0.15, 0.2) is 0 Å². The van der Waals surface area contributed by atoms with Gasteiger partial charge in [-0.15, -0.1) is 0 Å². The number of anilines is 1. The van der Waals surface area contributed by atoms with Crippen molar-refractivity contribution < 1.29 is 14.7 Å². The normalized spacial score (nSPS) is 10.4. The first-order valence-electron chi connectivity index (χ1n) is 6.02. The van der Waals surface area contributed by atoms with E-state index in [9.17, 15) is 9.59 Å². The summed E-state index contributed by atoms with van der Waals surface area (Å²) in [5, 5.41) is 12.0. The Labute approximate surface area is 131 Å². The van der Waals surface area contributed by atoms with Crippen LogP contribution in [0.15, 0.2) is 22.7 Å². The third-order valence-corrected chi connectivity index (χ3v) is 3.60. The number of nitrogens with zero attached hydrogens (tertiary/aromatic N) is 1. The highest BCUT2D eigenvalue weighted by molar-refractivity contribution is 9.10. The molecule has 110 valence electrons. The molecule has 0 saturated heterocycles. The topological polar surface area (TPSA) is 69.6 Å². The number of rotatable bonds is 5. The first-order chi connectivity index (χ1) is 9.29. The molecule has 2 amide bonds. The molecule has 2 N–H and O–H groups in total. The highest BCUT2D eigenvalue weighted by atomic mass is 79.9. The zero-order valence-corrected chi connectivity index (χ0v) is 13.5. The maximum Gasteiger partial charge on any atom is 0.323 e. The number of nitrogens with one attached hydrogen (secondary N) is 1. The van der Waals surface area contributed by atoms with Crippen molar-refractivity contribution in [1.29, 1.82) is 0 Å². The van der Waals surface area contributed by atoms with E-state index in [1.54, 1.807) is 18.2 Å². The standard InChI is InChI=1S/C13H16BrClN2O3/c1-8(2)6-17(7-12(18)19)13(20)16-9-3-4-10(14)11(15)5-9/h3-5,8H,6-7H2,1-2H3,(H,16,20)(H,18,19). The lowest BCUT2D eigenvalue weighted by Crippen LogP contribution is -2.40. The Hall–Kier alpha value is -1.27. The van der Waals surface area contributed by atoms with E-state index in [0.717, 1.165) is 4.47 Å². The van der Waals surface area contributed by atoms with E-state index in [-0.39, 0.29) is 12.5 Å². The molecule has 1 aromatic rings. The molecule has 0 aliphatic carbocycles. The molecule has 0 radical (unpaired) electrons. The second kappa shape index (κ2) is 7.50. The number of amides is 2. The van der Waals surface area contributed by atoms with Crippen molar-refractivity contribution in [2.24, 2.45) is 5.92 Å². The molecule has 0 atom stereocenters. The smallest absolute Gasteiger partial charge is 0.323 e. The van der Waals surface area contributed by atoms with E-state index < -0.39 is 12.0 Å². The minimum absolute atomic E-state index is 0.175. The molecule has 1 rings (SSSR count). The van der Waals surface area contributed by atoms with Crippen molar-refractivity contribution in [3.05, 3.63) is 27.7 Å². The van der Waals surface area contributed by atoms with Gasteiger partial charge in [0.1, 0.15) is 6.54 Å². The number of urea groups is 1. The first kappa shape index (κ1) is 16.8. The molecule has 0 aliphatic rings. The second-order valence-electron chi connectivity index (χ2n) is 4.73. The molecule has 0 unspecified atom stereocenters. The molecule has 20 heavy (non-hydrogen) atoms. The predicted molar refractivity (Wildman–Crippen MR) is 82.2 cm³/mol. The third-order valence-electron chi connectivity index (χ3n) is 2.37. The van der Waals surface area contributed by atoms with Crippen LogP contribution in [0, 0.1) is 5.92 Å². The molecular weight excluding hydrogens is 348 g/mol.